The van der Waals surface area contributed by atoms with E-state index in [0.717, 1.165) is 144 Å². The molecule has 0 bridgehead atoms. The van der Waals surface area contributed by atoms with Crippen LogP contribution in [0.4, 0.5) is 28.8 Å². The first-order chi connectivity index (χ1) is 43.1. The van der Waals surface area contributed by atoms with Gasteiger partial charge in [0.2, 0.25) is 0 Å². The number of ether oxygens (including phenoxy) is 3. The molecule has 508 valence electrons. The fourth-order valence-electron chi connectivity index (χ4n) is 15.4. The molecule has 10 atom stereocenters. The van der Waals surface area contributed by atoms with E-state index in [1.807, 2.05) is 38.2 Å². The summed E-state index contributed by atoms with van der Waals surface area (Å²) < 4.78 is 18.9. The SMILES string of the molecule is C.C.C.Cc1c(N2CCC(OCC3(C)CC3)C3CC32)nc2c(c1C)C(=O)N(C)C2.Cc1c(N2CCC(OCC3(C)CC3)C3CC32)nc2c(c1C)C(=O)N(C)C2CO.Cc1c(N2CCC(OCC3(C)CC3)C3CC32)nc2c(c1C)C(=O)NC2.OCN1NNc2ccccc21. The van der Waals surface area contributed by atoms with E-state index in [9.17, 15) is 19.5 Å². The molecular weight excluding hydrogens is 1170 g/mol. The number of nitrogens with one attached hydrogen (secondary N) is 3. The predicted octanol–water partition coefficient (Wildman–Crippen LogP) is 10.6. The monoisotopic (exact) mass is 1280 g/mol. The molecule has 3 saturated heterocycles. The Hall–Kier alpha value is -6.16. The largest absolute Gasteiger partial charge is 0.394 e. The number of amides is 3. The number of anilines is 5. The first kappa shape index (κ1) is 68.2. The molecule has 6 saturated carbocycles. The first-order valence-corrected chi connectivity index (χ1v) is 33.7. The normalized spacial score (nSPS) is 28.6. The van der Waals surface area contributed by atoms with E-state index < -0.39 is 0 Å². The van der Waals surface area contributed by atoms with Gasteiger partial charge in [0.15, 0.2) is 0 Å². The molecule has 0 spiro atoms. The summed E-state index contributed by atoms with van der Waals surface area (Å²) in [6, 6.07) is 9.03. The van der Waals surface area contributed by atoms with E-state index in [1.165, 1.54) is 63.4 Å². The van der Waals surface area contributed by atoms with Crippen molar-refractivity contribution in [2.45, 2.75) is 217 Å². The third kappa shape index (κ3) is 12.8. The number of nitrogens with zero attached hydrogens (tertiary/aromatic N) is 9. The lowest BCUT2D eigenvalue weighted by Gasteiger charge is -2.34. The minimum Gasteiger partial charge on any atom is -0.394 e. The highest BCUT2D eigenvalue weighted by Crippen LogP contribution is 2.54. The van der Waals surface area contributed by atoms with Gasteiger partial charge in [-0.25, -0.2) is 15.0 Å². The van der Waals surface area contributed by atoms with Crippen LogP contribution in [-0.4, -0.2) is 156 Å². The summed E-state index contributed by atoms with van der Waals surface area (Å²) in [5, 5.41) is 23.2. The van der Waals surface area contributed by atoms with Crippen molar-refractivity contribution < 1.29 is 38.8 Å². The van der Waals surface area contributed by atoms with E-state index in [2.05, 4.69) is 86.4 Å². The number of carbonyl (C=O) groups excluding carboxylic acids is 3. The van der Waals surface area contributed by atoms with Crippen molar-refractivity contribution in [3.8, 4) is 0 Å². The van der Waals surface area contributed by atoms with Gasteiger partial charge in [0.05, 0.1) is 109 Å². The van der Waals surface area contributed by atoms with Crippen molar-refractivity contribution in [1.82, 2.24) is 35.6 Å². The molecule has 10 heterocycles. The standard InChI is InChI=1S/C22H31N3O3.C21H29N3O2.C20H27N3O2.C7H9N3O.3CH4/c1-12-13(2)20(23-19-16(10-26)24(4)21(27)18(12)19)25-8-5-17(14-9-15(14)25)28-11-22(3)6-7-22;1-12-13(2)19(22-15-10-23(4)20(25)18(12)15)24-8-5-17(14-9-16(14)24)26-11-21(3)6-7-21;1-11-12(2)18(22-14-9-21-19(24)17(11)14)23-7-4-16(13-8-15(13)23)25-10-20(3)5-6-20;11-5-10-7-4-2-1-3-6(7)8-9-10;;;/h14-17,26H,5-11H2,1-4H3;14,16-17H,5-11H2,1-4H3;13,15-16H,4-10H2,1-3H3,(H,21,24);1-4,8-9,11H,5H2;3*1H4. The molecule has 20 nitrogen and oxygen atoms in total. The fraction of sp³-hybridized carbons (Fsp3) is 0.671. The van der Waals surface area contributed by atoms with Crippen LogP contribution in [0.3, 0.4) is 0 Å². The maximum atomic E-state index is 12.6. The third-order valence-corrected chi connectivity index (χ3v) is 23.2. The fourth-order valence-corrected chi connectivity index (χ4v) is 15.4. The molecule has 7 aliphatic heterocycles. The topological polar surface area (TPSA) is 214 Å². The van der Waals surface area contributed by atoms with Gasteiger partial charge >= 0.3 is 0 Å². The second kappa shape index (κ2) is 25.8. The maximum absolute atomic E-state index is 12.6. The summed E-state index contributed by atoms with van der Waals surface area (Å²) in [7, 11) is 3.61. The van der Waals surface area contributed by atoms with Crippen LogP contribution < -0.4 is 36.0 Å². The van der Waals surface area contributed by atoms with Crippen LogP contribution in [0.1, 0.15) is 208 Å². The number of carbonyl (C=O) groups is 3. The molecule has 1 aromatic carbocycles. The molecule has 6 aliphatic carbocycles. The van der Waals surface area contributed by atoms with Gasteiger partial charge in [0.1, 0.15) is 24.2 Å². The molecule has 17 rings (SSSR count). The second-order valence-corrected chi connectivity index (χ2v) is 30.1. The molecule has 3 aromatic heterocycles. The highest BCUT2D eigenvalue weighted by Gasteiger charge is 2.56. The van der Waals surface area contributed by atoms with Crippen LogP contribution in [0.25, 0.3) is 0 Å². The predicted molar refractivity (Wildman–Crippen MR) is 366 cm³/mol. The Morgan fingerprint density at radius 1 is 0.570 bits per heavy atom. The van der Waals surface area contributed by atoms with Crippen LogP contribution in [0, 0.1) is 75.5 Å². The molecule has 3 amide bonds. The maximum Gasteiger partial charge on any atom is 0.256 e. The number of fused-ring (bicyclic) bond motifs is 7. The molecule has 93 heavy (non-hydrogen) atoms. The van der Waals surface area contributed by atoms with E-state index in [-0.39, 0.29) is 59.4 Å². The average molecular weight is 1280 g/mol. The Labute approximate surface area is 553 Å². The Bertz CT molecular complexity index is 3510. The molecule has 4 aromatic rings. The van der Waals surface area contributed by atoms with Crippen molar-refractivity contribution in [1.29, 1.82) is 0 Å². The lowest BCUT2D eigenvalue weighted by molar-refractivity contribution is 0.00307. The van der Waals surface area contributed by atoms with Crippen LogP contribution >= 0.6 is 0 Å². The second-order valence-electron chi connectivity index (χ2n) is 30.1. The van der Waals surface area contributed by atoms with Crippen molar-refractivity contribution >= 4 is 46.5 Å². The van der Waals surface area contributed by atoms with Crippen LogP contribution in [-0.2, 0) is 27.3 Å². The van der Waals surface area contributed by atoms with Crippen LogP contribution in [0.2, 0.25) is 0 Å². The molecular formula is C73H108N12O8. The summed E-state index contributed by atoms with van der Waals surface area (Å²) in [4.78, 5) is 62.6. The van der Waals surface area contributed by atoms with E-state index >= 15 is 0 Å². The number of para-hydroxylation sites is 2. The van der Waals surface area contributed by atoms with Gasteiger partial charge in [-0.2, -0.15) is 0 Å². The number of pyridine rings is 3. The van der Waals surface area contributed by atoms with Crippen molar-refractivity contribution in [2.24, 2.45) is 34.0 Å². The van der Waals surface area contributed by atoms with Gasteiger partial charge in [-0.1, -0.05) is 55.2 Å². The third-order valence-electron chi connectivity index (χ3n) is 23.2. The number of piperidine rings is 3. The molecule has 20 heteroatoms. The van der Waals surface area contributed by atoms with Crippen molar-refractivity contribution in [3.05, 3.63) is 91.4 Å². The average Bonchev–Trinajstić information content (AvgIpc) is 1.61. The number of aliphatic hydroxyl groups is 2. The quantitative estimate of drug-likeness (QED) is 0.0794. The van der Waals surface area contributed by atoms with Crippen LogP contribution in [0.15, 0.2) is 24.3 Å². The van der Waals surface area contributed by atoms with E-state index in [1.54, 1.807) is 21.9 Å². The minimum absolute atomic E-state index is 0. The first-order valence-electron chi connectivity index (χ1n) is 33.7. The molecule has 9 fully saturated rings. The van der Waals surface area contributed by atoms with E-state index in [4.69, 9.17) is 34.3 Å². The summed E-state index contributed by atoms with van der Waals surface area (Å²) in [5.74, 6) is 5.22. The molecule has 13 aliphatic rings. The zero-order valence-electron chi connectivity index (χ0n) is 55.0. The lowest BCUT2D eigenvalue weighted by Crippen LogP contribution is -2.40. The van der Waals surface area contributed by atoms with Gasteiger partial charge in [-0.3, -0.25) is 19.4 Å². The van der Waals surface area contributed by atoms with E-state index in [0.29, 0.717) is 89.1 Å². The zero-order valence-corrected chi connectivity index (χ0v) is 55.0. The number of hydrogen-bond donors (Lipinski definition) is 5. The van der Waals surface area contributed by atoms with Gasteiger partial charge in [0, 0.05) is 69.6 Å². The highest BCUT2D eigenvalue weighted by atomic mass is 16.5. The summed E-state index contributed by atoms with van der Waals surface area (Å²) in [6.45, 7) is 26.3. The summed E-state index contributed by atoms with van der Waals surface area (Å²) in [6.07, 6.45) is 16.0. The summed E-state index contributed by atoms with van der Waals surface area (Å²) >= 11 is 0. The molecule has 5 N–H and O–H groups in total. The zero-order chi connectivity index (χ0) is 63.0. The number of rotatable bonds is 14. The molecule has 0 radical (unpaired) electrons. The number of hydrazine groups is 2. The number of hydrogen-bond acceptors (Lipinski definition) is 17. The van der Waals surface area contributed by atoms with Crippen LogP contribution in [0.5, 0.6) is 0 Å². The number of likely N-dealkylation sites (N-methyl/N-ethyl adjacent to an activating group) is 1. The molecule has 10 unspecified atom stereocenters. The Balaban J connectivity index is 0.000000130. The summed E-state index contributed by atoms with van der Waals surface area (Å²) in [5.41, 5.74) is 20.6. The number of aliphatic hydroxyl groups excluding tert-OH is 2. The van der Waals surface area contributed by atoms with Crippen molar-refractivity contribution in [3.63, 3.8) is 0 Å². The Morgan fingerprint density at radius 3 is 1.47 bits per heavy atom. The smallest absolute Gasteiger partial charge is 0.256 e. The Morgan fingerprint density at radius 2 is 1.01 bits per heavy atom. The van der Waals surface area contributed by atoms with Crippen molar-refractivity contribution in [2.75, 3.05) is 92.0 Å². The van der Waals surface area contributed by atoms with Gasteiger partial charge in [-0.05, 0) is 180 Å². The highest BCUT2D eigenvalue weighted by molar-refractivity contribution is 6.01. The van der Waals surface area contributed by atoms with Gasteiger partial charge in [0.25, 0.3) is 17.7 Å². The number of aromatic nitrogens is 3. The van der Waals surface area contributed by atoms with Gasteiger partial charge < -0.3 is 59.7 Å². The Kier molecular flexibility index (Phi) is 18.9. The lowest BCUT2D eigenvalue weighted by atomic mass is 10.00. The minimum atomic E-state index is -0.337. The number of benzene rings is 1. The van der Waals surface area contributed by atoms with Gasteiger partial charge in [-0.15, -0.1) is 5.53 Å².